The minimum Gasteiger partial charge on any atom is -0.497 e. The van der Waals surface area contributed by atoms with E-state index in [0.717, 1.165) is 0 Å². The predicted molar refractivity (Wildman–Crippen MR) is 57.5 cm³/mol. The molecule has 4 nitrogen and oxygen atoms in total. The maximum Gasteiger partial charge on any atom is 0.333 e. The summed E-state index contributed by atoms with van der Waals surface area (Å²) in [5, 5.41) is 18.4. The van der Waals surface area contributed by atoms with Crippen molar-refractivity contribution >= 4 is 5.97 Å². The summed E-state index contributed by atoms with van der Waals surface area (Å²) in [6.07, 6.45) is -0.613. The molecule has 1 aliphatic rings. The van der Waals surface area contributed by atoms with Crippen LogP contribution in [0.2, 0.25) is 0 Å². The van der Waals surface area contributed by atoms with Gasteiger partial charge in [0.1, 0.15) is 11.6 Å². The molecule has 2 N–H and O–H groups in total. The first-order valence-corrected chi connectivity index (χ1v) is 5.26. The van der Waals surface area contributed by atoms with Crippen LogP contribution >= 0.6 is 0 Å². The van der Waals surface area contributed by atoms with Crippen molar-refractivity contribution in [1.29, 1.82) is 0 Å². The zero-order valence-corrected chi connectivity index (χ0v) is 9.31. The zero-order chi connectivity index (χ0) is 12.6. The molecule has 0 saturated heterocycles. The van der Waals surface area contributed by atoms with Crippen LogP contribution in [0.5, 0.6) is 5.75 Å². The van der Waals surface area contributed by atoms with Crippen molar-refractivity contribution in [2.24, 2.45) is 0 Å². The van der Waals surface area contributed by atoms with Gasteiger partial charge in [0.2, 0.25) is 0 Å². The second-order valence-electron chi connectivity index (χ2n) is 4.24. The van der Waals surface area contributed by atoms with Gasteiger partial charge in [-0.15, -0.1) is 0 Å². The summed E-state index contributed by atoms with van der Waals surface area (Å²) >= 11 is 0. The summed E-state index contributed by atoms with van der Waals surface area (Å²) in [5.41, 5.74) is -0.726. The van der Waals surface area contributed by atoms with E-state index in [9.17, 15) is 14.3 Å². The summed E-state index contributed by atoms with van der Waals surface area (Å²) in [4.78, 5) is 10.8. The van der Waals surface area contributed by atoms with E-state index in [1.807, 2.05) is 0 Å². The molecule has 0 aromatic heterocycles. The number of hydrogen-bond acceptors (Lipinski definition) is 3. The normalized spacial score (nSPS) is 18.5. The number of aliphatic hydroxyl groups is 1. The highest BCUT2D eigenvalue weighted by molar-refractivity contribution is 5.75. The second-order valence-corrected chi connectivity index (χ2v) is 4.24. The Morgan fingerprint density at radius 3 is 2.59 bits per heavy atom. The van der Waals surface area contributed by atoms with E-state index < -0.39 is 23.3 Å². The third kappa shape index (κ3) is 1.86. The summed E-state index contributed by atoms with van der Waals surface area (Å²) < 4.78 is 18.7. The molecule has 1 saturated carbocycles. The van der Waals surface area contributed by atoms with Gasteiger partial charge in [0.25, 0.3) is 0 Å². The molecule has 0 heterocycles. The Balaban J connectivity index is 2.37. The number of rotatable bonds is 4. The SMILES string of the molecule is COc1ccc(C2(C(O)C(=O)O)CC2)c(F)c1. The molecule has 0 aliphatic heterocycles. The number of aliphatic hydroxyl groups excluding tert-OH is 1. The maximum atomic E-state index is 13.8. The monoisotopic (exact) mass is 240 g/mol. The first-order valence-electron chi connectivity index (χ1n) is 5.26. The lowest BCUT2D eigenvalue weighted by molar-refractivity contribution is -0.148. The number of carboxylic acids is 1. The first kappa shape index (κ1) is 11.9. The predicted octanol–water partition coefficient (Wildman–Crippen LogP) is 1.31. The van der Waals surface area contributed by atoms with E-state index in [0.29, 0.717) is 18.6 Å². The lowest BCUT2D eigenvalue weighted by atomic mass is 9.89. The van der Waals surface area contributed by atoms with Gasteiger partial charge < -0.3 is 14.9 Å². The van der Waals surface area contributed by atoms with Gasteiger partial charge >= 0.3 is 5.97 Å². The highest BCUT2D eigenvalue weighted by atomic mass is 19.1. The highest BCUT2D eigenvalue weighted by Gasteiger charge is 2.54. The van der Waals surface area contributed by atoms with E-state index in [1.165, 1.54) is 19.2 Å². The zero-order valence-electron chi connectivity index (χ0n) is 9.31. The fraction of sp³-hybridized carbons (Fsp3) is 0.417. The van der Waals surface area contributed by atoms with Crippen molar-refractivity contribution < 1.29 is 24.1 Å². The molecule has 1 aliphatic carbocycles. The molecule has 17 heavy (non-hydrogen) atoms. The Labute approximate surface area is 97.6 Å². The Morgan fingerprint density at radius 1 is 1.53 bits per heavy atom. The summed E-state index contributed by atoms with van der Waals surface area (Å²) in [7, 11) is 1.42. The minimum atomic E-state index is -1.56. The van der Waals surface area contributed by atoms with Gasteiger partial charge in [0.05, 0.1) is 7.11 Å². The third-order valence-corrected chi connectivity index (χ3v) is 3.26. The molecule has 1 atom stereocenters. The summed E-state index contributed by atoms with van der Waals surface area (Å²) in [5.74, 6) is -1.49. The fourth-order valence-electron chi connectivity index (χ4n) is 2.09. The second kappa shape index (κ2) is 4.00. The number of carbonyl (C=O) groups is 1. The average molecular weight is 240 g/mol. The average Bonchev–Trinajstić information content (AvgIpc) is 3.09. The van der Waals surface area contributed by atoms with Crippen LogP contribution in [0.25, 0.3) is 0 Å². The number of ether oxygens (including phenoxy) is 1. The molecule has 1 aromatic rings. The van der Waals surface area contributed by atoms with Crippen molar-refractivity contribution in [3.05, 3.63) is 29.6 Å². The van der Waals surface area contributed by atoms with Gasteiger partial charge in [-0.3, -0.25) is 0 Å². The standard InChI is InChI=1S/C12H13FO4/c1-17-7-2-3-8(9(13)6-7)12(4-5-12)10(14)11(15)16/h2-3,6,10,14H,4-5H2,1H3,(H,15,16). The number of methoxy groups -OCH3 is 1. The molecule has 1 aromatic carbocycles. The van der Waals surface area contributed by atoms with E-state index in [1.54, 1.807) is 6.07 Å². The summed E-state index contributed by atoms with van der Waals surface area (Å²) in [6, 6.07) is 4.24. The fourth-order valence-corrected chi connectivity index (χ4v) is 2.09. The van der Waals surface area contributed by atoms with Crippen molar-refractivity contribution in [3.63, 3.8) is 0 Å². The Kier molecular flexibility index (Phi) is 2.79. The molecule has 1 unspecified atom stereocenters. The first-order chi connectivity index (χ1) is 8.01. The van der Waals surface area contributed by atoms with Gasteiger partial charge in [-0.1, -0.05) is 6.07 Å². The largest absolute Gasteiger partial charge is 0.497 e. The van der Waals surface area contributed by atoms with Crippen LogP contribution in [-0.2, 0) is 10.2 Å². The molecular formula is C12H13FO4. The molecule has 1 fully saturated rings. The van der Waals surface area contributed by atoms with E-state index in [4.69, 9.17) is 9.84 Å². The van der Waals surface area contributed by atoms with Crippen LogP contribution in [0.15, 0.2) is 18.2 Å². The van der Waals surface area contributed by atoms with Gasteiger partial charge in [0, 0.05) is 11.5 Å². The molecule has 5 heteroatoms. The lowest BCUT2D eigenvalue weighted by Gasteiger charge is -2.20. The molecular weight excluding hydrogens is 227 g/mol. The highest BCUT2D eigenvalue weighted by Crippen LogP contribution is 2.52. The molecule has 0 bridgehead atoms. The number of halogens is 1. The molecule has 0 spiro atoms. The molecule has 2 rings (SSSR count). The van der Waals surface area contributed by atoms with Crippen LogP contribution in [0.3, 0.4) is 0 Å². The van der Waals surface area contributed by atoms with E-state index in [2.05, 4.69) is 0 Å². The number of carboxylic acid groups (broad SMARTS) is 1. The number of hydrogen-bond donors (Lipinski definition) is 2. The molecule has 0 radical (unpaired) electrons. The molecule has 92 valence electrons. The maximum absolute atomic E-state index is 13.8. The third-order valence-electron chi connectivity index (χ3n) is 3.26. The minimum absolute atomic E-state index is 0.244. The number of aliphatic carboxylic acids is 1. The van der Waals surface area contributed by atoms with Gasteiger partial charge in [-0.2, -0.15) is 0 Å². The Bertz CT molecular complexity index is 454. The van der Waals surface area contributed by atoms with E-state index in [-0.39, 0.29) is 5.56 Å². The van der Waals surface area contributed by atoms with Crippen molar-refractivity contribution in [2.45, 2.75) is 24.4 Å². The van der Waals surface area contributed by atoms with Crippen molar-refractivity contribution in [1.82, 2.24) is 0 Å². The smallest absolute Gasteiger partial charge is 0.333 e. The van der Waals surface area contributed by atoms with Crippen molar-refractivity contribution in [2.75, 3.05) is 7.11 Å². The van der Waals surface area contributed by atoms with Crippen LogP contribution < -0.4 is 4.74 Å². The van der Waals surface area contributed by atoms with Gasteiger partial charge in [-0.25, -0.2) is 9.18 Å². The quantitative estimate of drug-likeness (QED) is 0.832. The van der Waals surface area contributed by atoms with Crippen LogP contribution in [0.4, 0.5) is 4.39 Å². The Hall–Kier alpha value is -1.62. The van der Waals surface area contributed by atoms with Crippen LogP contribution in [0.1, 0.15) is 18.4 Å². The lowest BCUT2D eigenvalue weighted by Crippen LogP contribution is -2.34. The summed E-state index contributed by atoms with van der Waals surface area (Å²) in [6.45, 7) is 0. The topological polar surface area (TPSA) is 66.8 Å². The number of benzene rings is 1. The van der Waals surface area contributed by atoms with E-state index >= 15 is 0 Å². The van der Waals surface area contributed by atoms with Crippen LogP contribution in [-0.4, -0.2) is 29.4 Å². The van der Waals surface area contributed by atoms with Crippen LogP contribution in [0, 0.1) is 5.82 Å². The molecule has 0 amide bonds. The van der Waals surface area contributed by atoms with Gasteiger partial charge in [-0.05, 0) is 24.5 Å². The van der Waals surface area contributed by atoms with Gasteiger partial charge in [0.15, 0.2) is 6.10 Å². The Morgan fingerprint density at radius 2 is 2.18 bits per heavy atom. The van der Waals surface area contributed by atoms with Crippen molar-refractivity contribution in [3.8, 4) is 5.75 Å².